The normalized spacial score (nSPS) is 15.5. The van der Waals surface area contributed by atoms with E-state index in [1.54, 1.807) is 0 Å². The van der Waals surface area contributed by atoms with Crippen LogP contribution in [0.2, 0.25) is 0 Å². The molecule has 4 heteroatoms. The SMILES string of the molecule is Cl.O=C(COc1ccccc1)CN1CCC(c2ccccc2)CC1. The fourth-order valence-corrected chi connectivity index (χ4v) is 3.13. The largest absolute Gasteiger partial charge is 0.486 e. The van der Waals surface area contributed by atoms with Gasteiger partial charge in [-0.05, 0) is 49.5 Å². The average Bonchev–Trinajstić information content (AvgIpc) is 2.62. The van der Waals surface area contributed by atoms with Crippen LogP contribution in [0.25, 0.3) is 0 Å². The van der Waals surface area contributed by atoms with Crippen LogP contribution in [0.1, 0.15) is 24.3 Å². The van der Waals surface area contributed by atoms with Gasteiger partial charge in [-0.1, -0.05) is 48.5 Å². The van der Waals surface area contributed by atoms with Gasteiger partial charge < -0.3 is 4.74 Å². The quantitative estimate of drug-likeness (QED) is 0.794. The first-order valence-electron chi connectivity index (χ1n) is 8.28. The maximum Gasteiger partial charge on any atom is 0.184 e. The lowest BCUT2D eigenvalue weighted by Crippen LogP contribution is -2.38. The predicted octanol–water partition coefficient (Wildman–Crippen LogP) is 3.94. The number of ether oxygens (including phenoxy) is 1. The molecule has 0 aromatic heterocycles. The lowest BCUT2D eigenvalue weighted by molar-refractivity contribution is -0.122. The Morgan fingerprint density at radius 1 is 0.958 bits per heavy atom. The number of likely N-dealkylation sites (tertiary alicyclic amines) is 1. The molecule has 2 aromatic carbocycles. The predicted molar refractivity (Wildman–Crippen MR) is 99.0 cm³/mol. The summed E-state index contributed by atoms with van der Waals surface area (Å²) in [5, 5.41) is 0. The number of carbonyl (C=O) groups is 1. The summed E-state index contributed by atoms with van der Waals surface area (Å²) in [7, 11) is 0. The maximum atomic E-state index is 12.1. The molecule has 0 unspecified atom stereocenters. The number of Topliss-reactive ketones (excluding diaryl/α,β-unsaturated/α-hetero) is 1. The first-order chi connectivity index (χ1) is 11.3. The Morgan fingerprint density at radius 3 is 2.17 bits per heavy atom. The molecule has 1 aliphatic rings. The zero-order valence-corrected chi connectivity index (χ0v) is 14.6. The van der Waals surface area contributed by atoms with Crippen molar-refractivity contribution in [1.82, 2.24) is 4.90 Å². The molecule has 0 N–H and O–H groups in total. The minimum Gasteiger partial charge on any atom is -0.486 e. The van der Waals surface area contributed by atoms with Gasteiger partial charge in [0.05, 0.1) is 6.54 Å². The van der Waals surface area contributed by atoms with E-state index in [0.717, 1.165) is 31.7 Å². The topological polar surface area (TPSA) is 29.5 Å². The summed E-state index contributed by atoms with van der Waals surface area (Å²) in [6.45, 7) is 2.62. The van der Waals surface area contributed by atoms with Crippen LogP contribution >= 0.6 is 12.4 Å². The van der Waals surface area contributed by atoms with Crippen molar-refractivity contribution in [2.45, 2.75) is 18.8 Å². The van der Waals surface area contributed by atoms with E-state index >= 15 is 0 Å². The van der Waals surface area contributed by atoms with Crippen LogP contribution < -0.4 is 4.74 Å². The number of carbonyl (C=O) groups excluding carboxylic acids is 1. The number of rotatable bonds is 6. The molecule has 1 heterocycles. The van der Waals surface area contributed by atoms with Gasteiger partial charge in [0.25, 0.3) is 0 Å². The van der Waals surface area contributed by atoms with Crippen molar-refractivity contribution in [2.75, 3.05) is 26.2 Å². The average molecular weight is 346 g/mol. The first kappa shape index (κ1) is 18.5. The standard InChI is InChI=1S/C20H23NO2.ClH/c22-19(16-23-20-9-5-2-6-10-20)15-21-13-11-18(12-14-21)17-7-3-1-4-8-17;/h1-10,18H,11-16H2;1H. The molecule has 0 atom stereocenters. The van der Waals surface area contributed by atoms with Crippen LogP contribution in [-0.4, -0.2) is 36.9 Å². The molecule has 0 bridgehead atoms. The summed E-state index contributed by atoms with van der Waals surface area (Å²) >= 11 is 0. The molecule has 0 aliphatic carbocycles. The van der Waals surface area contributed by atoms with Gasteiger partial charge in [0.1, 0.15) is 12.4 Å². The number of hydrogen-bond donors (Lipinski definition) is 0. The van der Waals surface area contributed by atoms with E-state index in [1.807, 2.05) is 30.3 Å². The number of halogens is 1. The summed E-state index contributed by atoms with van der Waals surface area (Å²) in [6, 6.07) is 20.2. The van der Waals surface area contributed by atoms with Crippen LogP contribution in [0.5, 0.6) is 5.75 Å². The Labute approximate surface area is 150 Å². The number of piperidine rings is 1. The van der Waals surface area contributed by atoms with Crippen LogP contribution in [0, 0.1) is 0 Å². The first-order valence-corrected chi connectivity index (χ1v) is 8.28. The smallest absolute Gasteiger partial charge is 0.184 e. The van der Waals surface area contributed by atoms with Gasteiger partial charge in [-0.2, -0.15) is 0 Å². The van der Waals surface area contributed by atoms with E-state index in [2.05, 4.69) is 35.2 Å². The van der Waals surface area contributed by atoms with Crippen LogP contribution in [0.15, 0.2) is 60.7 Å². The summed E-state index contributed by atoms with van der Waals surface area (Å²) in [6.07, 6.45) is 2.24. The Bertz CT molecular complexity index is 610. The molecule has 3 nitrogen and oxygen atoms in total. The summed E-state index contributed by atoms with van der Waals surface area (Å²) in [4.78, 5) is 14.3. The monoisotopic (exact) mass is 345 g/mol. The van der Waals surface area contributed by atoms with Crippen molar-refractivity contribution < 1.29 is 9.53 Å². The van der Waals surface area contributed by atoms with Gasteiger partial charge in [-0.15, -0.1) is 12.4 Å². The van der Waals surface area contributed by atoms with E-state index in [9.17, 15) is 4.79 Å². The van der Waals surface area contributed by atoms with Crippen molar-refractivity contribution >= 4 is 18.2 Å². The van der Waals surface area contributed by atoms with Crippen molar-refractivity contribution in [3.05, 3.63) is 66.2 Å². The maximum absolute atomic E-state index is 12.1. The van der Waals surface area contributed by atoms with Crippen LogP contribution in [0.4, 0.5) is 0 Å². The van der Waals surface area contributed by atoms with E-state index in [-0.39, 0.29) is 24.8 Å². The molecule has 128 valence electrons. The highest BCUT2D eigenvalue weighted by Gasteiger charge is 2.21. The zero-order chi connectivity index (χ0) is 15.9. The fourth-order valence-electron chi connectivity index (χ4n) is 3.13. The molecule has 24 heavy (non-hydrogen) atoms. The highest BCUT2D eigenvalue weighted by atomic mass is 35.5. The van der Waals surface area contributed by atoms with Gasteiger partial charge in [0.2, 0.25) is 0 Å². The minimum atomic E-state index is 0. The van der Waals surface area contributed by atoms with Gasteiger partial charge in [0.15, 0.2) is 5.78 Å². The van der Waals surface area contributed by atoms with Crippen LogP contribution in [-0.2, 0) is 4.79 Å². The molecule has 0 spiro atoms. The Balaban J connectivity index is 0.00000208. The van der Waals surface area contributed by atoms with E-state index in [4.69, 9.17) is 4.74 Å². The third-order valence-electron chi connectivity index (χ3n) is 4.40. The number of nitrogens with zero attached hydrogens (tertiary/aromatic N) is 1. The molecule has 1 aliphatic heterocycles. The van der Waals surface area contributed by atoms with Crippen molar-refractivity contribution in [3.63, 3.8) is 0 Å². The molecule has 1 saturated heterocycles. The minimum absolute atomic E-state index is 0. The second-order valence-corrected chi connectivity index (χ2v) is 6.10. The van der Waals surface area contributed by atoms with Crippen molar-refractivity contribution in [1.29, 1.82) is 0 Å². The number of hydrogen-bond acceptors (Lipinski definition) is 3. The number of ketones is 1. The van der Waals surface area contributed by atoms with E-state index < -0.39 is 0 Å². The van der Waals surface area contributed by atoms with E-state index in [1.165, 1.54) is 5.56 Å². The summed E-state index contributed by atoms with van der Waals surface area (Å²) < 4.78 is 5.52. The van der Waals surface area contributed by atoms with E-state index in [0.29, 0.717) is 12.5 Å². The van der Waals surface area contributed by atoms with Crippen molar-refractivity contribution in [3.8, 4) is 5.75 Å². The number of para-hydroxylation sites is 1. The lowest BCUT2D eigenvalue weighted by atomic mass is 9.89. The van der Waals surface area contributed by atoms with Gasteiger partial charge in [-0.25, -0.2) is 0 Å². The van der Waals surface area contributed by atoms with Crippen molar-refractivity contribution in [2.24, 2.45) is 0 Å². The van der Waals surface area contributed by atoms with Crippen LogP contribution in [0.3, 0.4) is 0 Å². The summed E-state index contributed by atoms with van der Waals surface area (Å²) in [5.74, 6) is 1.53. The second kappa shape index (κ2) is 9.45. The zero-order valence-electron chi connectivity index (χ0n) is 13.8. The molecular formula is C20H24ClNO2. The fraction of sp³-hybridized carbons (Fsp3) is 0.350. The van der Waals surface area contributed by atoms with Gasteiger partial charge >= 0.3 is 0 Å². The third-order valence-corrected chi connectivity index (χ3v) is 4.40. The highest BCUT2D eigenvalue weighted by Crippen LogP contribution is 2.27. The Hall–Kier alpha value is -1.84. The molecular weight excluding hydrogens is 322 g/mol. The van der Waals surface area contributed by atoms with Gasteiger partial charge in [0, 0.05) is 0 Å². The lowest BCUT2D eigenvalue weighted by Gasteiger charge is -2.31. The number of benzene rings is 2. The molecule has 0 radical (unpaired) electrons. The molecule has 3 rings (SSSR count). The molecule has 2 aromatic rings. The Morgan fingerprint density at radius 2 is 1.54 bits per heavy atom. The highest BCUT2D eigenvalue weighted by molar-refractivity contribution is 5.85. The Kier molecular flexibility index (Phi) is 7.29. The molecule has 1 fully saturated rings. The van der Waals surface area contributed by atoms with Gasteiger partial charge in [-0.3, -0.25) is 9.69 Å². The third kappa shape index (κ3) is 5.36. The summed E-state index contributed by atoms with van der Waals surface area (Å²) in [5.41, 5.74) is 1.42. The molecule has 0 saturated carbocycles. The molecule has 0 amide bonds. The second-order valence-electron chi connectivity index (χ2n) is 6.10.